The van der Waals surface area contributed by atoms with Crippen LogP contribution in [0.5, 0.6) is 0 Å². The second-order valence-electron chi connectivity index (χ2n) is 21.3. The maximum Gasteiger partial charge on any atom is 2.00 e. The first-order valence-corrected chi connectivity index (χ1v) is 28.9. The van der Waals surface area contributed by atoms with Crippen LogP contribution < -0.4 is 24.8 Å². The molecule has 0 nitrogen and oxygen atoms in total. The summed E-state index contributed by atoms with van der Waals surface area (Å²) in [6.45, 7) is 0. The number of benzene rings is 12. The van der Waals surface area contributed by atoms with Crippen LogP contribution in [0.1, 0.15) is 0 Å². The Morgan fingerprint density at radius 3 is 0.477 bits per heavy atom. The Kier molecular flexibility index (Phi) is 22.4. The predicted octanol–water partition coefficient (Wildman–Crippen LogP) is 17.6. The third-order valence-electron chi connectivity index (χ3n) is 15.8. The first-order valence-electron chi connectivity index (χ1n) is 28.9. The second-order valence-corrected chi connectivity index (χ2v) is 21.3. The van der Waals surface area contributed by atoms with E-state index in [1.807, 2.05) is 24.3 Å². The number of halogens is 2. The molecule has 0 aliphatic carbocycles. The molecule has 0 spiro atoms. The molecular weight excluding hydrogens is 1260 g/mol. The van der Waals surface area contributed by atoms with Crippen molar-refractivity contribution in [1.29, 1.82) is 0 Å². The number of hydrogen-bond acceptors (Lipinski definition) is 0. The Bertz CT molecular complexity index is 3970. The van der Waals surface area contributed by atoms with Crippen molar-refractivity contribution in [2.75, 3.05) is 0 Å². The number of rotatable bonds is 8. The zero-order chi connectivity index (χ0) is 56.3. The standard InChI is InChI=1S/4C21H15.2ClH.2Zr/c4*1-2-6-16(7-3-1)17-10-12-18(13-11-17)21-14-19-8-4-5-9-20(19)15-21;;;;/h4*1-15H;2*1H;;/q4*-1;;;2*+2/p-2. The molecule has 0 fully saturated rings. The molecule has 16 aromatic carbocycles. The molecule has 0 aliphatic rings. The van der Waals surface area contributed by atoms with E-state index in [-0.39, 0.29) is 77.2 Å². The van der Waals surface area contributed by atoms with E-state index in [1.54, 1.807) is 0 Å². The SMILES string of the molecule is [Cl-].[Cl-].[Zr+2].[Zr+2].c1ccc(-c2ccc(-c3cc4ccccc4[cH-]3)cc2)cc1.c1ccc(-c2ccc(-c3cc4ccccc4[cH-]3)cc2)cc1.c1ccc(-c2ccc(-c3cc4ccccc4[cH-]3)cc2)cc1.c1ccc(-c2ccc(-c3cc4ccccc4[cH-]3)cc2)cc1. The van der Waals surface area contributed by atoms with Crippen LogP contribution in [0.2, 0.25) is 0 Å². The molecule has 0 aliphatic heterocycles. The third-order valence-corrected chi connectivity index (χ3v) is 15.8. The van der Waals surface area contributed by atoms with Crippen LogP contribution in [0.4, 0.5) is 0 Å². The fraction of sp³-hybridized carbons (Fsp3) is 0. The summed E-state index contributed by atoms with van der Waals surface area (Å²) in [6, 6.07) is 129. The fourth-order valence-electron chi connectivity index (χ4n) is 11.2. The molecule has 0 saturated heterocycles. The van der Waals surface area contributed by atoms with Gasteiger partial charge in [0.25, 0.3) is 0 Å². The molecule has 0 heterocycles. The molecule has 16 rings (SSSR count). The summed E-state index contributed by atoms with van der Waals surface area (Å²) < 4.78 is 0. The number of fused-ring (bicyclic) bond motifs is 4. The first-order chi connectivity index (χ1) is 41.6. The molecule has 0 radical (unpaired) electrons. The zero-order valence-electron chi connectivity index (χ0n) is 48.4. The molecule has 0 atom stereocenters. The molecule has 4 heteroatoms. The summed E-state index contributed by atoms with van der Waals surface area (Å²) in [5.41, 5.74) is 20.3. The van der Waals surface area contributed by atoms with Gasteiger partial charge < -0.3 is 24.8 Å². The van der Waals surface area contributed by atoms with Crippen molar-refractivity contribution in [2.24, 2.45) is 0 Å². The Morgan fingerprint density at radius 1 is 0.148 bits per heavy atom. The summed E-state index contributed by atoms with van der Waals surface area (Å²) >= 11 is 0. The summed E-state index contributed by atoms with van der Waals surface area (Å²) in [6.07, 6.45) is 0. The van der Waals surface area contributed by atoms with Crippen molar-refractivity contribution in [1.82, 2.24) is 0 Å². The van der Waals surface area contributed by atoms with Crippen LogP contribution in [0.25, 0.3) is 132 Å². The minimum Gasteiger partial charge on any atom is -1.00 e. The molecule has 16 aromatic rings. The molecule has 88 heavy (non-hydrogen) atoms. The van der Waals surface area contributed by atoms with Gasteiger partial charge >= 0.3 is 52.4 Å². The van der Waals surface area contributed by atoms with Crippen molar-refractivity contribution >= 4 is 43.1 Å². The van der Waals surface area contributed by atoms with E-state index < -0.39 is 0 Å². The number of hydrogen-bond donors (Lipinski definition) is 0. The summed E-state index contributed by atoms with van der Waals surface area (Å²) in [5.74, 6) is 0. The van der Waals surface area contributed by atoms with Gasteiger partial charge in [-0.25, -0.2) is 0 Å². The van der Waals surface area contributed by atoms with E-state index in [0.29, 0.717) is 0 Å². The largest absolute Gasteiger partial charge is 2.00 e. The van der Waals surface area contributed by atoms with E-state index in [2.05, 4.69) is 340 Å². The molecule has 0 bridgehead atoms. The molecule has 0 unspecified atom stereocenters. The Balaban J connectivity index is 0.000000138. The van der Waals surface area contributed by atoms with Crippen LogP contribution in [0.3, 0.4) is 0 Å². The van der Waals surface area contributed by atoms with E-state index in [4.69, 9.17) is 0 Å². The molecule has 0 N–H and O–H groups in total. The van der Waals surface area contributed by atoms with Crippen molar-refractivity contribution < 1.29 is 77.2 Å². The van der Waals surface area contributed by atoms with Gasteiger partial charge in [-0.3, -0.25) is 0 Å². The third kappa shape index (κ3) is 15.4. The van der Waals surface area contributed by atoms with Crippen LogP contribution in [-0.4, -0.2) is 0 Å². The van der Waals surface area contributed by atoms with Crippen LogP contribution in [0.15, 0.2) is 364 Å². The Hall–Kier alpha value is -8.57. The molecule has 0 aromatic heterocycles. The van der Waals surface area contributed by atoms with Crippen LogP contribution in [-0.2, 0) is 52.4 Å². The molecular formula is C84H60Cl2Zr2-2. The second kappa shape index (κ2) is 30.9. The summed E-state index contributed by atoms with van der Waals surface area (Å²) in [5, 5.41) is 10.4. The van der Waals surface area contributed by atoms with Crippen molar-refractivity contribution in [2.45, 2.75) is 0 Å². The van der Waals surface area contributed by atoms with Gasteiger partial charge in [0.2, 0.25) is 0 Å². The zero-order valence-corrected chi connectivity index (χ0v) is 54.8. The first kappa shape index (κ1) is 63.9. The molecule has 0 amide bonds. The van der Waals surface area contributed by atoms with Gasteiger partial charge in [0, 0.05) is 0 Å². The van der Waals surface area contributed by atoms with E-state index in [9.17, 15) is 0 Å². The van der Waals surface area contributed by atoms with Crippen molar-refractivity contribution in [3.63, 3.8) is 0 Å². The monoisotopic (exact) mass is 1320 g/mol. The van der Waals surface area contributed by atoms with E-state index >= 15 is 0 Å². The van der Waals surface area contributed by atoms with Crippen molar-refractivity contribution in [3.05, 3.63) is 364 Å². The average molecular weight is 1320 g/mol. The molecule has 0 saturated carbocycles. The smallest absolute Gasteiger partial charge is 1.00 e. The van der Waals surface area contributed by atoms with Gasteiger partial charge in [-0.15, -0.1) is 138 Å². The van der Waals surface area contributed by atoms with Gasteiger partial charge in [0.05, 0.1) is 0 Å². The maximum absolute atomic E-state index is 2.26. The van der Waals surface area contributed by atoms with Gasteiger partial charge in [-0.2, -0.15) is 0 Å². The quantitative estimate of drug-likeness (QED) is 0.133. The van der Waals surface area contributed by atoms with Gasteiger partial charge in [-0.05, 0) is 44.5 Å². The van der Waals surface area contributed by atoms with Gasteiger partial charge in [0.15, 0.2) is 0 Å². The van der Waals surface area contributed by atoms with E-state index in [1.165, 1.54) is 132 Å². The van der Waals surface area contributed by atoms with Gasteiger partial charge in [0.1, 0.15) is 0 Å². The fourth-order valence-corrected chi connectivity index (χ4v) is 11.2. The Labute approximate surface area is 568 Å². The maximum atomic E-state index is 2.26. The van der Waals surface area contributed by atoms with Crippen LogP contribution >= 0.6 is 0 Å². The van der Waals surface area contributed by atoms with Gasteiger partial charge in [-0.1, -0.05) is 313 Å². The Morgan fingerprint density at radius 2 is 0.295 bits per heavy atom. The minimum absolute atomic E-state index is 0. The van der Waals surface area contributed by atoms with Crippen molar-refractivity contribution in [3.8, 4) is 89.0 Å². The normalized spacial score (nSPS) is 10.4. The summed E-state index contributed by atoms with van der Waals surface area (Å²) in [7, 11) is 0. The van der Waals surface area contributed by atoms with E-state index in [0.717, 1.165) is 0 Å². The molecule has 420 valence electrons. The minimum atomic E-state index is 0. The average Bonchev–Trinajstić information content (AvgIpc) is 4.12. The summed E-state index contributed by atoms with van der Waals surface area (Å²) in [4.78, 5) is 0. The predicted molar refractivity (Wildman–Crippen MR) is 362 cm³/mol. The van der Waals surface area contributed by atoms with Crippen LogP contribution in [0, 0.1) is 0 Å². The topological polar surface area (TPSA) is 0 Å².